The molecule has 4 nitrogen and oxygen atoms in total. The smallest absolute Gasteiger partial charge is 0.342 e. The number of alkyl halides is 3. The third-order valence-electron chi connectivity index (χ3n) is 6.28. The van der Waals surface area contributed by atoms with Gasteiger partial charge in [-0.05, 0) is 49.2 Å². The van der Waals surface area contributed by atoms with Crippen LogP contribution in [0.25, 0.3) is 11.1 Å². The summed E-state index contributed by atoms with van der Waals surface area (Å²) < 4.78 is 39.9. The molecule has 2 atom stereocenters. The zero-order valence-corrected chi connectivity index (χ0v) is 19.4. The maximum atomic E-state index is 13.3. The number of likely N-dealkylation sites (tertiary alicyclic amines) is 1. The van der Waals surface area contributed by atoms with Crippen molar-refractivity contribution in [1.82, 2.24) is 15.2 Å². The highest BCUT2D eigenvalue weighted by Crippen LogP contribution is 2.36. The van der Waals surface area contributed by atoms with Gasteiger partial charge >= 0.3 is 6.18 Å². The van der Waals surface area contributed by atoms with Gasteiger partial charge in [-0.2, -0.15) is 13.2 Å². The summed E-state index contributed by atoms with van der Waals surface area (Å²) in [5.74, 6) is -0.729. The molecular weight excluding hydrogens is 463 g/mol. The molecule has 178 valence electrons. The number of amides is 1. The lowest BCUT2D eigenvalue weighted by Gasteiger charge is -2.38. The van der Waals surface area contributed by atoms with Crippen molar-refractivity contribution in [3.05, 3.63) is 88.7 Å². The molecule has 0 aliphatic carbocycles. The second-order valence-electron chi connectivity index (χ2n) is 8.50. The average Bonchev–Trinajstić information content (AvgIpc) is 2.83. The van der Waals surface area contributed by atoms with E-state index in [0.29, 0.717) is 0 Å². The van der Waals surface area contributed by atoms with Crippen LogP contribution < -0.4 is 5.32 Å². The first-order chi connectivity index (χ1) is 16.3. The molecule has 1 aliphatic heterocycles. The van der Waals surface area contributed by atoms with Crippen molar-refractivity contribution in [1.29, 1.82) is 0 Å². The first-order valence-corrected chi connectivity index (χ1v) is 11.5. The number of nitrogens with one attached hydrogen (secondary N) is 1. The summed E-state index contributed by atoms with van der Waals surface area (Å²) >= 11 is 5.97. The molecule has 2 heterocycles. The topological polar surface area (TPSA) is 45.2 Å². The van der Waals surface area contributed by atoms with Crippen LogP contribution >= 0.6 is 11.6 Å². The minimum atomic E-state index is -4.68. The Morgan fingerprint density at radius 3 is 2.38 bits per heavy atom. The minimum Gasteiger partial charge on any atom is -0.342 e. The van der Waals surface area contributed by atoms with Crippen LogP contribution in [-0.4, -0.2) is 35.4 Å². The first kappa shape index (κ1) is 24.2. The Kier molecular flexibility index (Phi) is 7.24. The van der Waals surface area contributed by atoms with Crippen LogP contribution in [0.5, 0.6) is 0 Å². The van der Waals surface area contributed by atoms with E-state index in [1.54, 1.807) is 0 Å². The Bertz CT molecular complexity index is 1140. The second kappa shape index (κ2) is 10.2. The number of nitrogens with zero attached hydrogens (tertiary/aromatic N) is 2. The van der Waals surface area contributed by atoms with Crippen LogP contribution in [0.1, 0.15) is 46.9 Å². The van der Waals surface area contributed by atoms with Crippen LogP contribution in [0.3, 0.4) is 0 Å². The van der Waals surface area contributed by atoms with Crippen molar-refractivity contribution in [3.63, 3.8) is 0 Å². The molecule has 1 N–H and O–H groups in total. The summed E-state index contributed by atoms with van der Waals surface area (Å²) in [6, 6.07) is 18.1. The molecule has 0 unspecified atom stereocenters. The van der Waals surface area contributed by atoms with Crippen molar-refractivity contribution in [2.45, 2.75) is 37.5 Å². The first-order valence-electron chi connectivity index (χ1n) is 11.1. The number of pyridine rings is 1. The number of halogens is 4. The lowest BCUT2D eigenvalue weighted by molar-refractivity contribution is -0.137. The highest BCUT2D eigenvalue weighted by molar-refractivity contribution is 6.34. The Labute approximate surface area is 201 Å². The standard InChI is InChI=1S/C26H25ClF3N3O/c1-33-16-6-5-9-21(33)23(19-12-10-18(11-13-19)17-7-3-2-4-8-17)32-25(34)24-22(27)20(14-15-31-24)26(28,29)30/h2-4,7-8,10-15,21,23H,5-6,9,16H2,1H3,(H,32,34)/t21-,23-/m0/s1. The van der Waals surface area contributed by atoms with Gasteiger partial charge in [0, 0.05) is 12.2 Å². The van der Waals surface area contributed by atoms with E-state index in [2.05, 4.69) is 15.2 Å². The maximum Gasteiger partial charge on any atom is 0.417 e. The number of benzene rings is 2. The molecule has 0 radical (unpaired) electrons. The SMILES string of the molecule is CN1CCCC[C@H]1[C@@H](NC(=O)c1nccc(C(F)(F)F)c1Cl)c1ccc(-c2ccccc2)cc1. The molecule has 1 aromatic heterocycles. The summed E-state index contributed by atoms with van der Waals surface area (Å²) in [6.07, 6.45) is -0.801. The number of carbonyl (C=O) groups is 1. The number of carbonyl (C=O) groups excluding carboxylic acids is 1. The number of hydrogen-bond acceptors (Lipinski definition) is 3. The molecular formula is C26H25ClF3N3O. The van der Waals surface area contributed by atoms with Crippen molar-refractivity contribution in [2.75, 3.05) is 13.6 Å². The van der Waals surface area contributed by atoms with Gasteiger partial charge in [-0.25, -0.2) is 4.98 Å². The summed E-state index contributed by atoms with van der Waals surface area (Å²) in [5, 5.41) is 2.24. The Morgan fingerprint density at radius 1 is 1.06 bits per heavy atom. The summed E-state index contributed by atoms with van der Waals surface area (Å²) in [5.41, 5.74) is 1.47. The van der Waals surface area contributed by atoms with E-state index in [4.69, 9.17) is 11.6 Å². The van der Waals surface area contributed by atoms with Crippen molar-refractivity contribution in [2.24, 2.45) is 0 Å². The van der Waals surface area contributed by atoms with E-state index in [1.807, 2.05) is 61.6 Å². The lowest BCUT2D eigenvalue weighted by Crippen LogP contribution is -2.47. The predicted molar refractivity (Wildman–Crippen MR) is 127 cm³/mol. The van der Waals surface area contributed by atoms with Crippen molar-refractivity contribution in [3.8, 4) is 11.1 Å². The van der Waals surface area contributed by atoms with E-state index < -0.39 is 34.4 Å². The third-order valence-corrected chi connectivity index (χ3v) is 6.67. The van der Waals surface area contributed by atoms with Crippen molar-refractivity contribution >= 4 is 17.5 Å². The molecule has 0 bridgehead atoms. The van der Waals surface area contributed by atoms with E-state index in [-0.39, 0.29) is 6.04 Å². The summed E-state index contributed by atoms with van der Waals surface area (Å²) in [4.78, 5) is 19.2. The number of aromatic nitrogens is 1. The second-order valence-corrected chi connectivity index (χ2v) is 8.88. The normalized spacial score (nSPS) is 17.9. The molecule has 8 heteroatoms. The van der Waals surface area contributed by atoms with Crippen LogP contribution in [0.15, 0.2) is 66.9 Å². The lowest BCUT2D eigenvalue weighted by atomic mass is 9.90. The summed E-state index contributed by atoms with van der Waals surface area (Å²) in [6.45, 7) is 0.877. The highest BCUT2D eigenvalue weighted by atomic mass is 35.5. The fraction of sp³-hybridized carbons (Fsp3) is 0.308. The summed E-state index contributed by atoms with van der Waals surface area (Å²) in [7, 11) is 2.00. The predicted octanol–water partition coefficient (Wildman–Crippen LogP) is 6.38. The molecule has 2 aromatic carbocycles. The Hall–Kier alpha value is -2.90. The minimum absolute atomic E-state index is 0.00940. The van der Waals surface area contributed by atoms with Gasteiger partial charge in [0.2, 0.25) is 0 Å². The van der Waals surface area contributed by atoms with Gasteiger partial charge in [0.15, 0.2) is 0 Å². The van der Waals surface area contributed by atoms with E-state index >= 15 is 0 Å². The van der Waals surface area contributed by atoms with Gasteiger partial charge in [0.1, 0.15) is 5.69 Å². The molecule has 1 saturated heterocycles. The monoisotopic (exact) mass is 487 g/mol. The molecule has 0 spiro atoms. The zero-order chi connectivity index (χ0) is 24.3. The number of piperidine rings is 1. The van der Waals surface area contributed by atoms with Gasteiger partial charge in [-0.15, -0.1) is 0 Å². The molecule has 0 saturated carbocycles. The molecule has 1 aliphatic rings. The number of likely N-dealkylation sites (N-methyl/N-ethyl adjacent to an activating group) is 1. The molecule has 4 rings (SSSR count). The van der Waals surface area contributed by atoms with Crippen LogP contribution in [-0.2, 0) is 6.18 Å². The van der Waals surface area contributed by atoms with Gasteiger partial charge < -0.3 is 10.2 Å². The fourth-order valence-electron chi connectivity index (χ4n) is 4.47. The zero-order valence-electron chi connectivity index (χ0n) is 18.6. The van der Waals surface area contributed by atoms with Gasteiger partial charge in [0.05, 0.1) is 16.6 Å². The maximum absolute atomic E-state index is 13.3. The van der Waals surface area contributed by atoms with Crippen LogP contribution in [0, 0.1) is 0 Å². The molecule has 34 heavy (non-hydrogen) atoms. The number of hydrogen-bond donors (Lipinski definition) is 1. The van der Waals surface area contributed by atoms with E-state index in [9.17, 15) is 18.0 Å². The van der Waals surface area contributed by atoms with E-state index in [1.165, 1.54) is 0 Å². The highest BCUT2D eigenvalue weighted by Gasteiger charge is 2.36. The van der Waals surface area contributed by atoms with E-state index in [0.717, 1.165) is 54.8 Å². The quantitative estimate of drug-likeness (QED) is 0.454. The van der Waals surface area contributed by atoms with Gasteiger partial charge in [-0.1, -0.05) is 72.6 Å². The number of rotatable bonds is 5. The molecule has 3 aromatic rings. The largest absolute Gasteiger partial charge is 0.417 e. The average molecular weight is 488 g/mol. The van der Waals surface area contributed by atoms with Crippen molar-refractivity contribution < 1.29 is 18.0 Å². The Morgan fingerprint density at radius 2 is 1.74 bits per heavy atom. The van der Waals surface area contributed by atoms with Crippen LogP contribution in [0.4, 0.5) is 13.2 Å². The third kappa shape index (κ3) is 5.26. The molecule has 1 fully saturated rings. The molecule has 1 amide bonds. The van der Waals surface area contributed by atoms with Crippen LogP contribution in [0.2, 0.25) is 5.02 Å². The van der Waals surface area contributed by atoms with Gasteiger partial charge in [0.25, 0.3) is 5.91 Å². The van der Waals surface area contributed by atoms with Gasteiger partial charge in [-0.3, -0.25) is 4.79 Å². The fourth-order valence-corrected chi connectivity index (χ4v) is 4.77. The Balaban J connectivity index is 1.66.